The lowest BCUT2D eigenvalue weighted by molar-refractivity contribution is -0.304. The van der Waals surface area contributed by atoms with Gasteiger partial charge in [0.25, 0.3) is 0 Å². The van der Waals surface area contributed by atoms with Crippen LogP contribution in [-0.2, 0) is 0 Å². The molecule has 0 heterocycles. The normalized spacial score (nSPS) is 13.5. The minimum Gasteiger partial charge on any atom is -0.367 e. The van der Waals surface area contributed by atoms with Gasteiger partial charge < -0.3 is 36.4 Å². The molecule has 0 bridgehead atoms. The van der Waals surface area contributed by atoms with Crippen molar-refractivity contribution in [2.75, 3.05) is 6.54 Å². The highest BCUT2D eigenvalue weighted by molar-refractivity contribution is 4.86. The van der Waals surface area contributed by atoms with Crippen molar-refractivity contribution in [3.63, 3.8) is 0 Å². The maximum atomic E-state index is 8.64. The zero-order valence-electron chi connectivity index (χ0n) is 6.20. The summed E-state index contributed by atoms with van der Waals surface area (Å²) in [6.45, 7) is -0.694. The molecule has 0 radical (unpaired) electrons. The summed E-state index contributed by atoms with van der Waals surface area (Å²) < 4.78 is 0. The molecule has 7 nitrogen and oxygen atoms in total. The Labute approximate surface area is 68.3 Å². The van der Waals surface area contributed by atoms with Crippen LogP contribution >= 0.6 is 0 Å². The molecule has 0 rings (SSSR count). The summed E-state index contributed by atoms with van der Waals surface area (Å²) in [5.41, 5.74) is 2.60. The van der Waals surface area contributed by atoms with E-state index < -0.39 is 30.8 Å². The number of nitrogens with two attached hydrogens (primary N) is 1. The van der Waals surface area contributed by atoms with E-state index in [1.54, 1.807) is 0 Å². The number of aliphatic hydroxyl groups excluding tert-OH is 3. The summed E-state index contributed by atoms with van der Waals surface area (Å²) in [4.78, 5) is 0. The smallest absolute Gasteiger partial charge is 0.168 e. The van der Waals surface area contributed by atoms with Crippen molar-refractivity contribution in [1.29, 1.82) is 0 Å². The predicted octanol–water partition coefficient (Wildman–Crippen LogP) is -4.14. The first-order valence-corrected chi connectivity index (χ1v) is 3.18. The van der Waals surface area contributed by atoms with E-state index in [0.29, 0.717) is 0 Å². The van der Waals surface area contributed by atoms with Gasteiger partial charge in [0.2, 0.25) is 0 Å². The molecule has 74 valence electrons. The van der Waals surface area contributed by atoms with Crippen LogP contribution in [0.15, 0.2) is 0 Å². The largest absolute Gasteiger partial charge is 0.367 e. The second kappa shape index (κ2) is 4.10. The van der Waals surface area contributed by atoms with Gasteiger partial charge in [-0.15, -0.1) is 0 Å². The Morgan fingerprint density at radius 1 is 0.833 bits per heavy atom. The van der Waals surface area contributed by atoms with Gasteiger partial charge in [0.05, 0.1) is 0 Å². The van der Waals surface area contributed by atoms with Crippen LogP contribution in [0.4, 0.5) is 0 Å². The zero-order valence-corrected chi connectivity index (χ0v) is 6.20. The molecule has 0 aromatic rings. The van der Waals surface area contributed by atoms with Gasteiger partial charge in [0.1, 0.15) is 5.41 Å². The molecule has 0 aliphatic carbocycles. The lowest BCUT2D eigenvalue weighted by Gasteiger charge is -2.36. The van der Waals surface area contributed by atoms with Gasteiger partial charge in [0, 0.05) is 6.54 Å². The topological polar surface area (TPSA) is 147 Å². The minimum atomic E-state index is -2.35. The average Bonchev–Trinajstić information content (AvgIpc) is 1.86. The van der Waals surface area contributed by atoms with E-state index in [2.05, 4.69) is 0 Å². The van der Waals surface area contributed by atoms with Crippen LogP contribution < -0.4 is 5.73 Å². The molecule has 0 amide bonds. The molecule has 0 saturated carbocycles. The van der Waals surface area contributed by atoms with Crippen molar-refractivity contribution in [1.82, 2.24) is 0 Å². The van der Waals surface area contributed by atoms with E-state index in [0.717, 1.165) is 0 Å². The van der Waals surface area contributed by atoms with Gasteiger partial charge in [-0.1, -0.05) is 0 Å². The molecule has 0 atom stereocenters. The molecule has 0 spiro atoms. The second-order valence-corrected chi connectivity index (χ2v) is 2.44. The monoisotopic (exact) mass is 183 g/mol. The van der Waals surface area contributed by atoms with Crippen LogP contribution in [-0.4, -0.2) is 56.1 Å². The zero-order chi connectivity index (χ0) is 9.94. The maximum Gasteiger partial charge on any atom is 0.168 e. The second-order valence-electron chi connectivity index (χ2n) is 2.44. The third-order valence-corrected chi connectivity index (χ3v) is 1.80. The molecule has 0 saturated heterocycles. The van der Waals surface area contributed by atoms with Crippen LogP contribution in [0.3, 0.4) is 0 Å². The lowest BCUT2D eigenvalue weighted by atomic mass is 9.85. The molecule has 8 N–H and O–H groups in total. The summed E-state index contributed by atoms with van der Waals surface area (Å²) in [5, 5.41) is 51.8. The Kier molecular flexibility index (Phi) is 4.00. The van der Waals surface area contributed by atoms with Gasteiger partial charge in [-0.25, -0.2) is 0 Å². The van der Waals surface area contributed by atoms with Gasteiger partial charge in [-0.3, -0.25) is 0 Å². The minimum absolute atomic E-state index is 0.694. The van der Waals surface area contributed by atoms with E-state index in [1.807, 2.05) is 0 Å². The van der Waals surface area contributed by atoms with Gasteiger partial charge in [0.15, 0.2) is 18.9 Å². The predicted molar refractivity (Wildman–Crippen MR) is 36.2 cm³/mol. The molecule has 7 heteroatoms. The Hall–Kier alpha value is -0.280. The Morgan fingerprint density at radius 2 is 1.08 bits per heavy atom. The van der Waals surface area contributed by atoms with Crippen molar-refractivity contribution in [3.8, 4) is 0 Å². The quantitative estimate of drug-likeness (QED) is 0.219. The Bertz CT molecular complexity index is 114. The molecule has 0 aliphatic rings. The first-order valence-electron chi connectivity index (χ1n) is 3.18. The van der Waals surface area contributed by atoms with Crippen LogP contribution in [0.25, 0.3) is 0 Å². The van der Waals surface area contributed by atoms with Gasteiger partial charge >= 0.3 is 0 Å². The summed E-state index contributed by atoms with van der Waals surface area (Å²) in [5.74, 6) is 0. The van der Waals surface area contributed by atoms with Crippen molar-refractivity contribution in [3.05, 3.63) is 0 Å². The molecule has 12 heavy (non-hydrogen) atoms. The third kappa shape index (κ3) is 1.72. The fourth-order valence-electron chi connectivity index (χ4n) is 0.716. The summed E-state index contributed by atoms with van der Waals surface area (Å²) in [7, 11) is 0. The summed E-state index contributed by atoms with van der Waals surface area (Å²) in [6, 6.07) is 0. The molecule has 0 aromatic heterocycles. The number of hydrogen-bond donors (Lipinski definition) is 7. The molecule has 0 aromatic carbocycles. The van der Waals surface area contributed by atoms with E-state index in [9.17, 15) is 0 Å². The Morgan fingerprint density at radius 3 is 1.08 bits per heavy atom. The number of aliphatic hydroxyl groups is 6. The first kappa shape index (κ1) is 11.7. The molecular weight excluding hydrogens is 170 g/mol. The first-order chi connectivity index (χ1) is 5.39. The highest BCUT2D eigenvalue weighted by Crippen LogP contribution is 2.26. The van der Waals surface area contributed by atoms with E-state index in [-0.39, 0.29) is 0 Å². The van der Waals surface area contributed by atoms with E-state index in [1.165, 1.54) is 0 Å². The van der Waals surface area contributed by atoms with Crippen molar-refractivity contribution < 1.29 is 30.6 Å². The average molecular weight is 183 g/mol. The molecule has 0 aliphatic heterocycles. The number of hydrogen-bond acceptors (Lipinski definition) is 7. The number of rotatable bonds is 4. The lowest BCUT2D eigenvalue weighted by Crippen LogP contribution is -2.58. The van der Waals surface area contributed by atoms with E-state index >= 15 is 0 Å². The van der Waals surface area contributed by atoms with Gasteiger partial charge in [-0.2, -0.15) is 0 Å². The SMILES string of the molecule is NCC(C(O)O)(C(O)O)C(O)O. The fraction of sp³-hybridized carbons (Fsp3) is 1.00. The summed E-state index contributed by atoms with van der Waals surface area (Å²) >= 11 is 0. The fourth-order valence-corrected chi connectivity index (χ4v) is 0.716. The van der Waals surface area contributed by atoms with Crippen molar-refractivity contribution in [2.24, 2.45) is 11.1 Å². The maximum absolute atomic E-state index is 8.64. The van der Waals surface area contributed by atoms with E-state index in [4.69, 9.17) is 36.4 Å². The van der Waals surface area contributed by atoms with Crippen molar-refractivity contribution >= 4 is 0 Å². The standard InChI is InChI=1S/C5H13NO6/c6-1-5(2(7)8,3(9)10)4(11)12/h2-4,7-12H,1,6H2. The van der Waals surface area contributed by atoms with Crippen LogP contribution in [0, 0.1) is 5.41 Å². The third-order valence-electron chi connectivity index (χ3n) is 1.80. The van der Waals surface area contributed by atoms with Gasteiger partial charge in [-0.05, 0) is 0 Å². The van der Waals surface area contributed by atoms with Crippen LogP contribution in [0.5, 0.6) is 0 Å². The molecule has 0 fully saturated rings. The summed E-state index contributed by atoms with van der Waals surface area (Å²) in [6.07, 6.45) is -6.99. The van der Waals surface area contributed by atoms with Crippen LogP contribution in [0.2, 0.25) is 0 Å². The Balaban J connectivity index is 4.77. The van der Waals surface area contributed by atoms with Crippen molar-refractivity contribution in [2.45, 2.75) is 18.9 Å². The highest BCUT2D eigenvalue weighted by atomic mass is 16.5. The molecule has 0 unspecified atom stereocenters. The molecular formula is C5H13NO6. The highest BCUT2D eigenvalue weighted by Gasteiger charge is 2.48. The van der Waals surface area contributed by atoms with Crippen LogP contribution in [0.1, 0.15) is 0 Å².